The molecule has 132 valence electrons. The molecule has 11 nitrogen and oxygen atoms in total. The predicted molar refractivity (Wildman–Crippen MR) is 81.4 cm³/mol. The molecule has 0 bridgehead atoms. The van der Waals surface area contributed by atoms with Gasteiger partial charge in [-0.1, -0.05) is 0 Å². The van der Waals surface area contributed by atoms with Gasteiger partial charge in [0.1, 0.15) is 12.1 Å². The zero-order chi connectivity index (χ0) is 18.0. The highest BCUT2D eigenvalue weighted by Gasteiger charge is 2.22. The highest BCUT2D eigenvalue weighted by atomic mass is 16.4. The van der Waals surface area contributed by atoms with Gasteiger partial charge in [0.15, 0.2) is 5.96 Å². The van der Waals surface area contributed by atoms with Crippen molar-refractivity contribution in [1.82, 2.24) is 16.0 Å². The number of hydrogen-bond donors (Lipinski definition) is 8. The Morgan fingerprint density at radius 3 is 2.35 bits per heavy atom. The van der Waals surface area contributed by atoms with Gasteiger partial charge in [-0.05, 0) is 19.8 Å². The molecule has 10 N–H and O–H groups in total. The lowest BCUT2D eigenvalue weighted by molar-refractivity contribution is -0.142. The van der Waals surface area contributed by atoms with E-state index in [4.69, 9.17) is 27.1 Å². The number of carboxylic acid groups (broad SMARTS) is 1. The Kier molecular flexibility index (Phi) is 9.27. The third-order valence-corrected chi connectivity index (χ3v) is 2.86. The van der Waals surface area contributed by atoms with E-state index in [1.165, 1.54) is 6.92 Å². The minimum atomic E-state index is -1.21. The van der Waals surface area contributed by atoms with Crippen LogP contribution in [0.5, 0.6) is 0 Å². The summed E-state index contributed by atoms with van der Waals surface area (Å²) in [6, 6.07) is -2.30. The fourth-order valence-corrected chi connectivity index (χ4v) is 1.54. The molecule has 0 heterocycles. The van der Waals surface area contributed by atoms with Crippen molar-refractivity contribution in [3.63, 3.8) is 0 Å². The summed E-state index contributed by atoms with van der Waals surface area (Å²) in [7, 11) is 0. The SMILES string of the molecule is C[C@@H](O)[C@H](N)C(=O)NCC(=O)N[C@@H](CCCNC(=N)N)C(=O)O. The standard InChI is InChI=1S/C12H24N6O5/c1-6(19)9(13)10(21)17-5-8(20)18-7(11(22)23)3-2-4-16-12(14)15/h6-7,9,19H,2-5,13H2,1H3,(H,17,21)(H,18,20)(H,22,23)(H4,14,15,16)/t6-,7+,9+/m1/s1. The zero-order valence-corrected chi connectivity index (χ0v) is 12.8. The molecule has 0 radical (unpaired) electrons. The summed E-state index contributed by atoms with van der Waals surface area (Å²) < 4.78 is 0. The Bertz CT molecular complexity index is 442. The van der Waals surface area contributed by atoms with Crippen LogP contribution in [0.1, 0.15) is 19.8 Å². The van der Waals surface area contributed by atoms with Crippen molar-refractivity contribution >= 4 is 23.7 Å². The Morgan fingerprint density at radius 1 is 1.26 bits per heavy atom. The third kappa shape index (κ3) is 9.26. The maximum absolute atomic E-state index is 11.6. The Hall–Kier alpha value is -2.40. The van der Waals surface area contributed by atoms with Crippen LogP contribution in [0.3, 0.4) is 0 Å². The van der Waals surface area contributed by atoms with Gasteiger partial charge in [-0.3, -0.25) is 15.0 Å². The number of carboxylic acids is 1. The lowest BCUT2D eigenvalue weighted by atomic mass is 10.1. The maximum Gasteiger partial charge on any atom is 0.326 e. The maximum atomic E-state index is 11.6. The van der Waals surface area contributed by atoms with Crippen LogP contribution in [0.15, 0.2) is 0 Å². The van der Waals surface area contributed by atoms with Crippen molar-refractivity contribution in [2.45, 2.75) is 38.0 Å². The average Bonchev–Trinajstić information content (AvgIpc) is 2.46. The molecule has 2 amide bonds. The molecule has 23 heavy (non-hydrogen) atoms. The quantitative estimate of drug-likeness (QED) is 0.115. The van der Waals surface area contributed by atoms with Gasteiger partial charge >= 0.3 is 5.97 Å². The number of hydrogen-bond acceptors (Lipinski definition) is 6. The molecule has 0 unspecified atom stereocenters. The first-order valence-corrected chi connectivity index (χ1v) is 6.96. The first-order chi connectivity index (χ1) is 10.6. The number of amides is 2. The molecular formula is C12H24N6O5. The van der Waals surface area contributed by atoms with Gasteiger partial charge in [-0.15, -0.1) is 0 Å². The number of aliphatic carboxylic acids is 1. The van der Waals surface area contributed by atoms with Crippen molar-refractivity contribution in [1.29, 1.82) is 5.41 Å². The van der Waals surface area contributed by atoms with Crippen LogP contribution in [-0.2, 0) is 14.4 Å². The van der Waals surface area contributed by atoms with E-state index in [0.29, 0.717) is 13.0 Å². The molecule has 0 fully saturated rings. The largest absolute Gasteiger partial charge is 0.480 e. The minimum absolute atomic E-state index is 0.127. The molecule has 0 aromatic rings. The second-order valence-electron chi connectivity index (χ2n) is 4.93. The van der Waals surface area contributed by atoms with Crippen LogP contribution in [0, 0.1) is 5.41 Å². The molecule has 0 saturated heterocycles. The molecule has 3 atom stereocenters. The summed E-state index contributed by atoms with van der Waals surface area (Å²) in [6.07, 6.45) is -0.572. The molecule has 0 aliphatic heterocycles. The molecule has 0 rings (SSSR count). The van der Waals surface area contributed by atoms with Crippen molar-refractivity contribution in [2.24, 2.45) is 11.5 Å². The van der Waals surface area contributed by atoms with Gasteiger partial charge in [0.05, 0.1) is 12.6 Å². The van der Waals surface area contributed by atoms with Crippen molar-refractivity contribution in [3.05, 3.63) is 0 Å². The summed E-state index contributed by atoms with van der Waals surface area (Å²) in [5.41, 5.74) is 10.5. The second-order valence-corrected chi connectivity index (χ2v) is 4.93. The van der Waals surface area contributed by atoms with Crippen molar-refractivity contribution in [3.8, 4) is 0 Å². The van der Waals surface area contributed by atoms with Crippen LogP contribution in [-0.4, -0.2) is 65.2 Å². The van der Waals surface area contributed by atoms with Gasteiger partial charge < -0.3 is 37.6 Å². The van der Waals surface area contributed by atoms with E-state index >= 15 is 0 Å². The van der Waals surface area contributed by atoms with E-state index in [0.717, 1.165) is 0 Å². The summed E-state index contributed by atoms with van der Waals surface area (Å²) in [6.45, 7) is 1.18. The number of aliphatic hydroxyl groups is 1. The summed E-state index contributed by atoms with van der Waals surface area (Å²) in [4.78, 5) is 34.1. The highest BCUT2D eigenvalue weighted by molar-refractivity contribution is 5.89. The number of nitrogens with one attached hydrogen (secondary N) is 4. The van der Waals surface area contributed by atoms with E-state index in [1.54, 1.807) is 0 Å². The number of rotatable bonds is 10. The Morgan fingerprint density at radius 2 is 1.87 bits per heavy atom. The van der Waals surface area contributed by atoms with E-state index < -0.39 is 42.5 Å². The lowest BCUT2D eigenvalue weighted by Crippen LogP contribution is -2.51. The predicted octanol–water partition coefficient (Wildman–Crippen LogP) is -3.36. The number of carbonyl (C=O) groups is 3. The third-order valence-electron chi connectivity index (χ3n) is 2.86. The summed E-state index contributed by atoms with van der Waals surface area (Å²) in [5.74, 6) is -2.85. The summed E-state index contributed by atoms with van der Waals surface area (Å²) in [5, 5.41) is 32.1. The van der Waals surface area contributed by atoms with Crippen molar-refractivity contribution in [2.75, 3.05) is 13.1 Å². The van der Waals surface area contributed by atoms with Crippen LogP contribution < -0.4 is 27.4 Å². The lowest BCUT2D eigenvalue weighted by Gasteiger charge is -2.17. The van der Waals surface area contributed by atoms with E-state index in [9.17, 15) is 14.4 Å². The number of carbonyl (C=O) groups excluding carboxylic acids is 2. The van der Waals surface area contributed by atoms with Gasteiger partial charge in [0, 0.05) is 6.54 Å². The van der Waals surface area contributed by atoms with Crippen LogP contribution >= 0.6 is 0 Å². The molecule has 0 aliphatic rings. The molecule has 0 aromatic carbocycles. The van der Waals surface area contributed by atoms with Crippen LogP contribution in [0.25, 0.3) is 0 Å². The average molecular weight is 332 g/mol. The first-order valence-electron chi connectivity index (χ1n) is 6.96. The number of nitrogens with two attached hydrogens (primary N) is 2. The van der Waals surface area contributed by atoms with Gasteiger partial charge in [-0.2, -0.15) is 0 Å². The molecule has 0 aliphatic carbocycles. The molecule has 0 spiro atoms. The summed E-state index contributed by atoms with van der Waals surface area (Å²) >= 11 is 0. The minimum Gasteiger partial charge on any atom is -0.480 e. The van der Waals surface area contributed by atoms with E-state index in [-0.39, 0.29) is 12.4 Å². The van der Waals surface area contributed by atoms with Gasteiger partial charge in [0.25, 0.3) is 0 Å². The topological polar surface area (TPSA) is 204 Å². The molecule has 0 aromatic heterocycles. The fraction of sp³-hybridized carbons (Fsp3) is 0.667. The second kappa shape index (κ2) is 10.3. The van der Waals surface area contributed by atoms with E-state index in [1.807, 2.05) is 0 Å². The van der Waals surface area contributed by atoms with Gasteiger partial charge in [-0.25, -0.2) is 4.79 Å². The molecule has 0 saturated carbocycles. The molecular weight excluding hydrogens is 308 g/mol. The molecule has 11 heteroatoms. The van der Waals surface area contributed by atoms with Crippen molar-refractivity contribution < 1.29 is 24.6 Å². The highest BCUT2D eigenvalue weighted by Crippen LogP contribution is 1.97. The van der Waals surface area contributed by atoms with Gasteiger partial charge in [0.2, 0.25) is 11.8 Å². The van der Waals surface area contributed by atoms with E-state index in [2.05, 4.69) is 16.0 Å². The fourth-order valence-electron chi connectivity index (χ4n) is 1.54. The number of aliphatic hydroxyl groups excluding tert-OH is 1. The monoisotopic (exact) mass is 332 g/mol. The Balaban J connectivity index is 4.22. The smallest absolute Gasteiger partial charge is 0.326 e. The first kappa shape index (κ1) is 20.6. The Labute approximate surface area is 133 Å². The normalized spacial score (nSPS) is 14.2. The van der Waals surface area contributed by atoms with Crippen LogP contribution in [0.4, 0.5) is 0 Å². The zero-order valence-electron chi connectivity index (χ0n) is 12.8. The van der Waals surface area contributed by atoms with Crippen LogP contribution in [0.2, 0.25) is 0 Å². The number of guanidine groups is 1.